The lowest BCUT2D eigenvalue weighted by atomic mass is 10.2. The van der Waals surface area contributed by atoms with Crippen LogP contribution in [0, 0.1) is 0 Å². The first-order chi connectivity index (χ1) is 6.34. The van der Waals surface area contributed by atoms with Gasteiger partial charge in [0.15, 0.2) is 0 Å². The molecule has 1 aromatic rings. The van der Waals surface area contributed by atoms with Crippen molar-refractivity contribution in [3.63, 3.8) is 0 Å². The zero-order valence-electron chi connectivity index (χ0n) is 8.22. The van der Waals surface area contributed by atoms with E-state index in [1.807, 2.05) is 24.3 Å². The molecule has 1 aromatic carbocycles. The van der Waals surface area contributed by atoms with E-state index in [-0.39, 0.29) is 0 Å². The average molecular weight is 178 g/mol. The van der Waals surface area contributed by atoms with Crippen LogP contribution in [0.25, 0.3) is 0 Å². The number of hydrogen-bond donors (Lipinski definition) is 2. The van der Waals surface area contributed by atoms with Gasteiger partial charge in [0.25, 0.3) is 0 Å². The summed E-state index contributed by atoms with van der Waals surface area (Å²) in [5.74, 6) is 0. The molecule has 0 heterocycles. The Kier molecular flexibility index (Phi) is 4.16. The van der Waals surface area contributed by atoms with E-state index in [1.165, 1.54) is 19.3 Å². The third-order valence-electron chi connectivity index (χ3n) is 2.06. The van der Waals surface area contributed by atoms with Crippen molar-refractivity contribution in [3.8, 4) is 0 Å². The maximum atomic E-state index is 5.77. The molecule has 0 amide bonds. The van der Waals surface area contributed by atoms with E-state index in [4.69, 9.17) is 5.73 Å². The number of nitrogens with two attached hydrogens (primary N) is 1. The summed E-state index contributed by atoms with van der Waals surface area (Å²) in [6.07, 6.45) is 3.75. The normalized spacial score (nSPS) is 9.92. The van der Waals surface area contributed by atoms with Crippen molar-refractivity contribution >= 4 is 11.4 Å². The minimum atomic E-state index is 0.832. The van der Waals surface area contributed by atoms with E-state index in [0.29, 0.717) is 0 Å². The summed E-state index contributed by atoms with van der Waals surface area (Å²) in [4.78, 5) is 0. The zero-order chi connectivity index (χ0) is 9.52. The standard InChI is InChI=1S/C11H18N2/c1-2-3-6-9-13-11-8-5-4-7-10(11)12/h4-5,7-8,13H,2-3,6,9,12H2,1H3. The van der Waals surface area contributed by atoms with Crippen LogP contribution >= 0.6 is 0 Å². The maximum Gasteiger partial charge on any atom is 0.0573 e. The second-order valence-electron chi connectivity index (χ2n) is 3.22. The smallest absolute Gasteiger partial charge is 0.0573 e. The number of nitrogens with one attached hydrogen (secondary N) is 1. The Balaban J connectivity index is 2.32. The van der Waals surface area contributed by atoms with Crippen molar-refractivity contribution in [3.05, 3.63) is 24.3 Å². The fraction of sp³-hybridized carbons (Fsp3) is 0.455. The van der Waals surface area contributed by atoms with Crippen LogP contribution in [-0.2, 0) is 0 Å². The molecule has 0 aromatic heterocycles. The van der Waals surface area contributed by atoms with E-state index in [0.717, 1.165) is 17.9 Å². The minimum absolute atomic E-state index is 0.832. The Morgan fingerprint density at radius 2 is 2.00 bits per heavy atom. The topological polar surface area (TPSA) is 38.0 Å². The van der Waals surface area contributed by atoms with E-state index in [2.05, 4.69) is 12.2 Å². The third-order valence-corrected chi connectivity index (χ3v) is 2.06. The number of benzene rings is 1. The van der Waals surface area contributed by atoms with Crippen molar-refractivity contribution in [2.45, 2.75) is 26.2 Å². The van der Waals surface area contributed by atoms with Gasteiger partial charge in [0.05, 0.1) is 11.4 Å². The summed E-state index contributed by atoms with van der Waals surface area (Å²) in [7, 11) is 0. The lowest BCUT2D eigenvalue weighted by molar-refractivity contribution is 0.744. The Morgan fingerprint density at radius 3 is 2.69 bits per heavy atom. The predicted molar refractivity (Wildman–Crippen MR) is 58.9 cm³/mol. The summed E-state index contributed by atoms with van der Waals surface area (Å²) in [5.41, 5.74) is 7.66. The lowest BCUT2D eigenvalue weighted by Gasteiger charge is -2.07. The van der Waals surface area contributed by atoms with Crippen molar-refractivity contribution in [1.29, 1.82) is 0 Å². The first-order valence-electron chi connectivity index (χ1n) is 4.93. The van der Waals surface area contributed by atoms with Crippen LogP contribution in [0.15, 0.2) is 24.3 Å². The Labute approximate surface area is 80.1 Å². The highest BCUT2D eigenvalue weighted by molar-refractivity contribution is 5.65. The van der Waals surface area contributed by atoms with Gasteiger partial charge in [-0.1, -0.05) is 31.9 Å². The van der Waals surface area contributed by atoms with E-state index < -0.39 is 0 Å². The number of para-hydroxylation sites is 2. The van der Waals surface area contributed by atoms with E-state index >= 15 is 0 Å². The van der Waals surface area contributed by atoms with Crippen molar-refractivity contribution in [1.82, 2.24) is 0 Å². The molecule has 2 nitrogen and oxygen atoms in total. The third kappa shape index (κ3) is 3.36. The minimum Gasteiger partial charge on any atom is -0.397 e. The molecule has 0 bridgehead atoms. The summed E-state index contributed by atoms with van der Waals surface area (Å²) < 4.78 is 0. The van der Waals surface area contributed by atoms with Crippen LogP contribution in [0.4, 0.5) is 11.4 Å². The van der Waals surface area contributed by atoms with Gasteiger partial charge in [-0.25, -0.2) is 0 Å². The molecule has 2 heteroatoms. The van der Waals surface area contributed by atoms with Gasteiger partial charge in [-0.05, 0) is 18.6 Å². The number of nitrogen functional groups attached to an aromatic ring is 1. The van der Waals surface area contributed by atoms with Crippen LogP contribution in [0.5, 0.6) is 0 Å². The molecule has 0 aliphatic carbocycles. The van der Waals surface area contributed by atoms with Crippen LogP contribution in [0.3, 0.4) is 0 Å². The van der Waals surface area contributed by atoms with E-state index in [1.54, 1.807) is 0 Å². The van der Waals surface area contributed by atoms with E-state index in [9.17, 15) is 0 Å². The highest BCUT2D eigenvalue weighted by atomic mass is 14.9. The molecule has 0 aliphatic rings. The number of hydrogen-bond acceptors (Lipinski definition) is 2. The molecular formula is C11H18N2. The number of anilines is 2. The van der Waals surface area contributed by atoms with Gasteiger partial charge in [-0.15, -0.1) is 0 Å². The number of rotatable bonds is 5. The Bertz CT molecular complexity index is 246. The van der Waals surface area contributed by atoms with Crippen LogP contribution < -0.4 is 11.1 Å². The first kappa shape index (κ1) is 9.90. The molecule has 72 valence electrons. The van der Waals surface area contributed by atoms with Crippen LogP contribution in [0.2, 0.25) is 0 Å². The maximum absolute atomic E-state index is 5.77. The highest BCUT2D eigenvalue weighted by Crippen LogP contribution is 2.16. The Morgan fingerprint density at radius 1 is 1.23 bits per heavy atom. The SMILES string of the molecule is CCCCCNc1ccccc1N. The molecule has 0 fully saturated rings. The molecule has 0 saturated heterocycles. The molecule has 0 radical (unpaired) electrons. The van der Waals surface area contributed by atoms with Crippen molar-refractivity contribution in [2.24, 2.45) is 0 Å². The first-order valence-corrected chi connectivity index (χ1v) is 4.93. The van der Waals surface area contributed by atoms with Gasteiger partial charge >= 0.3 is 0 Å². The summed E-state index contributed by atoms with van der Waals surface area (Å²) in [6.45, 7) is 3.22. The second-order valence-corrected chi connectivity index (χ2v) is 3.22. The highest BCUT2D eigenvalue weighted by Gasteiger charge is 1.94. The van der Waals surface area contributed by atoms with Gasteiger partial charge in [0.2, 0.25) is 0 Å². The summed E-state index contributed by atoms with van der Waals surface area (Å²) in [6, 6.07) is 7.88. The van der Waals surface area contributed by atoms with Gasteiger partial charge < -0.3 is 11.1 Å². The van der Waals surface area contributed by atoms with Gasteiger partial charge in [0, 0.05) is 6.54 Å². The molecule has 1 rings (SSSR count). The fourth-order valence-corrected chi connectivity index (χ4v) is 1.26. The van der Waals surface area contributed by atoms with Crippen LogP contribution in [-0.4, -0.2) is 6.54 Å². The fourth-order valence-electron chi connectivity index (χ4n) is 1.26. The summed E-state index contributed by atoms with van der Waals surface area (Å²) >= 11 is 0. The molecule has 0 atom stereocenters. The summed E-state index contributed by atoms with van der Waals surface area (Å²) in [5, 5.41) is 3.32. The molecule has 0 unspecified atom stereocenters. The molecule has 13 heavy (non-hydrogen) atoms. The van der Waals surface area contributed by atoms with Gasteiger partial charge in [0.1, 0.15) is 0 Å². The van der Waals surface area contributed by atoms with Crippen molar-refractivity contribution < 1.29 is 0 Å². The predicted octanol–water partition coefficient (Wildman–Crippen LogP) is 2.87. The second kappa shape index (κ2) is 5.46. The van der Waals surface area contributed by atoms with Gasteiger partial charge in [-0.3, -0.25) is 0 Å². The van der Waals surface area contributed by atoms with Gasteiger partial charge in [-0.2, -0.15) is 0 Å². The molecule has 0 aliphatic heterocycles. The molecular weight excluding hydrogens is 160 g/mol. The zero-order valence-corrected chi connectivity index (χ0v) is 8.22. The van der Waals surface area contributed by atoms with Crippen molar-refractivity contribution in [2.75, 3.05) is 17.6 Å². The lowest BCUT2D eigenvalue weighted by Crippen LogP contribution is -2.03. The number of unbranched alkanes of at least 4 members (excludes halogenated alkanes) is 2. The Hall–Kier alpha value is -1.18. The van der Waals surface area contributed by atoms with Crippen LogP contribution in [0.1, 0.15) is 26.2 Å². The molecule has 3 N–H and O–H groups in total. The molecule has 0 spiro atoms. The largest absolute Gasteiger partial charge is 0.397 e. The molecule has 0 saturated carbocycles. The monoisotopic (exact) mass is 178 g/mol. The average Bonchev–Trinajstić information content (AvgIpc) is 2.15. The quantitative estimate of drug-likeness (QED) is 0.537.